The molecule has 0 bridgehead atoms. The summed E-state index contributed by atoms with van der Waals surface area (Å²) in [5.41, 5.74) is 0. The Morgan fingerprint density at radius 3 is 2.29 bits per heavy atom. The van der Waals surface area contributed by atoms with Crippen LogP contribution < -0.4 is 0 Å². The summed E-state index contributed by atoms with van der Waals surface area (Å²) in [4.78, 5) is 0. The molecule has 2 unspecified atom stereocenters. The maximum atomic E-state index is 8.52. The van der Waals surface area contributed by atoms with Gasteiger partial charge in [-0.25, -0.2) is 0 Å². The molecule has 1 aliphatic rings. The van der Waals surface area contributed by atoms with Crippen LogP contribution in [0, 0.1) is 18.8 Å². The van der Waals surface area contributed by atoms with Crippen LogP contribution in [-0.2, 0) is 0 Å². The van der Waals surface area contributed by atoms with E-state index in [1.165, 1.54) is 12.8 Å². The van der Waals surface area contributed by atoms with Crippen LogP contribution in [0.15, 0.2) is 0 Å². The van der Waals surface area contributed by atoms with Gasteiger partial charge < -0.3 is 5.11 Å². The predicted octanol–water partition coefficient (Wildman–Crippen LogP) is 0.839. The fourth-order valence-electron chi connectivity index (χ4n) is 0.878. The Labute approximate surface area is 44.4 Å². The van der Waals surface area contributed by atoms with Crippen LogP contribution in [0.5, 0.6) is 0 Å². The third-order valence-corrected chi connectivity index (χ3v) is 1.81. The first kappa shape index (κ1) is 5.10. The van der Waals surface area contributed by atoms with Gasteiger partial charge in [0, 0.05) is 6.61 Å². The van der Waals surface area contributed by atoms with E-state index >= 15 is 0 Å². The van der Waals surface area contributed by atoms with E-state index < -0.39 is 0 Å². The Morgan fingerprint density at radius 2 is 2.29 bits per heavy atom. The van der Waals surface area contributed by atoms with Gasteiger partial charge in [-0.3, -0.25) is 0 Å². The van der Waals surface area contributed by atoms with E-state index in [0.717, 1.165) is 0 Å². The first-order valence-corrected chi connectivity index (χ1v) is 2.78. The first-order valence-electron chi connectivity index (χ1n) is 2.78. The fourth-order valence-corrected chi connectivity index (χ4v) is 0.878. The van der Waals surface area contributed by atoms with Gasteiger partial charge in [-0.15, -0.1) is 0 Å². The molecule has 2 atom stereocenters. The second kappa shape index (κ2) is 1.83. The van der Waals surface area contributed by atoms with E-state index in [2.05, 4.69) is 6.92 Å². The highest BCUT2D eigenvalue weighted by atomic mass is 16.3. The van der Waals surface area contributed by atoms with Crippen molar-refractivity contribution in [2.24, 2.45) is 11.8 Å². The second-order valence-corrected chi connectivity index (χ2v) is 2.28. The maximum Gasteiger partial charge on any atom is 0.0461 e. The van der Waals surface area contributed by atoms with Crippen molar-refractivity contribution in [3.8, 4) is 0 Å². The van der Waals surface area contributed by atoms with Crippen molar-refractivity contribution in [1.82, 2.24) is 0 Å². The third-order valence-electron chi connectivity index (χ3n) is 1.81. The number of hydrogen-bond donors (Lipinski definition) is 1. The number of aliphatic hydroxyl groups is 1. The van der Waals surface area contributed by atoms with Gasteiger partial charge in [0.2, 0.25) is 0 Å². The molecule has 1 fully saturated rings. The molecule has 0 spiro atoms. The zero-order valence-electron chi connectivity index (χ0n) is 4.43. The van der Waals surface area contributed by atoms with Crippen molar-refractivity contribution < 1.29 is 5.11 Å². The molecule has 1 N–H and O–H groups in total. The highest BCUT2D eigenvalue weighted by molar-refractivity contribution is 4.81. The van der Waals surface area contributed by atoms with Crippen LogP contribution >= 0.6 is 0 Å². The van der Waals surface area contributed by atoms with Crippen molar-refractivity contribution in [3.63, 3.8) is 0 Å². The number of hydrogen-bond acceptors (Lipinski definition) is 1. The van der Waals surface area contributed by atoms with E-state index in [1.54, 1.807) is 0 Å². The minimum Gasteiger partial charge on any atom is -0.396 e. The Hall–Kier alpha value is -0.0400. The summed E-state index contributed by atoms with van der Waals surface area (Å²) in [6, 6.07) is 0. The smallest absolute Gasteiger partial charge is 0.0461 e. The normalized spacial score (nSPS) is 40.3. The Kier molecular flexibility index (Phi) is 1.33. The van der Waals surface area contributed by atoms with Crippen molar-refractivity contribution >= 4 is 0 Å². The highest BCUT2D eigenvalue weighted by Gasteiger charge is 2.25. The van der Waals surface area contributed by atoms with Crippen molar-refractivity contribution in [2.45, 2.75) is 12.8 Å². The Balaban J connectivity index is 2.16. The molecule has 1 radical (unpaired) electrons. The summed E-state index contributed by atoms with van der Waals surface area (Å²) in [6.07, 6.45) is 2.40. The second-order valence-electron chi connectivity index (χ2n) is 2.28. The van der Waals surface area contributed by atoms with E-state index in [0.29, 0.717) is 18.4 Å². The van der Waals surface area contributed by atoms with Gasteiger partial charge in [0.15, 0.2) is 0 Å². The van der Waals surface area contributed by atoms with Gasteiger partial charge in [0.1, 0.15) is 0 Å². The Morgan fingerprint density at radius 1 is 1.57 bits per heavy atom. The van der Waals surface area contributed by atoms with Crippen molar-refractivity contribution in [2.75, 3.05) is 6.61 Å². The highest BCUT2D eigenvalue weighted by Crippen LogP contribution is 2.32. The predicted molar refractivity (Wildman–Crippen MR) is 28.7 cm³/mol. The third kappa shape index (κ3) is 0.778. The molecule has 0 aromatic rings. The van der Waals surface area contributed by atoms with Crippen molar-refractivity contribution in [1.29, 1.82) is 0 Å². The summed E-state index contributed by atoms with van der Waals surface area (Å²) in [5.74, 6) is 1.07. The Bertz CT molecular complexity index is 59.2. The molecule has 7 heavy (non-hydrogen) atoms. The van der Waals surface area contributed by atoms with E-state index in [1.807, 2.05) is 0 Å². The lowest BCUT2D eigenvalue weighted by Crippen LogP contribution is -2.26. The average Bonchev–Trinajstić information content (AvgIpc) is 1.65. The summed E-state index contributed by atoms with van der Waals surface area (Å²) >= 11 is 0. The van der Waals surface area contributed by atoms with Crippen LogP contribution in [0.3, 0.4) is 0 Å². The molecule has 0 aromatic heterocycles. The summed E-state index contributed by atoms with van der Waals surface area (Å²) in [6.45, 7) is 4.18. The van der Waals surface area contributed by atoms with Gasteiger partial charge in [0.05, 0.1) is 0 Å². The molecule has 1 rings (SSSR count). The van der Waals surface area contributed by atoms with Crippen molar-refractivity contribution in [3.05, 3.63) is 6.92 Å². The fraction of sp³-hybridized carbons (Fsp3) is 0.833. The molecule has 1 aliphatic carbocycles. The summed E-state index contributed by atoms with van der Waals surface area (Å²) < 4.78 is 0. The molecular formula is C6H11O. The van der Waals surface area contributed by atoms with Gasteiger partial charge >= 0.3 is 0 Å². The minimum absolute atomic E-state index is 0.341. The molecule has 0 aromatic carbocycles. The van der Waals surface area contributed by atoms with Gasteiger partial charge in [-0.05, 0) is 31.6 Å². The zero-order valence-corrected chi connectivity index (χ0v) is 4.43. The lowest BCUT2D eigenvalue weighted by molar-refractivity contribution is 0.118. The molecule has 0 saturated heterocycles. The summed E-state index contributed by atoms with van der Waals surface area (Å²) in [7, 11) is 0. The molecule has 41 valence electrons. The van der Waals surface area contributed by atoms with Gasteiger partial charge in [-0.2, -0.15) is 0 Å². The quantitative estimate of drug-likeness (QED) is 0.516. The molecular weight excluding hydrogens is 88.1 g/mol. The van der Waals surface area contributed by atoms with Crippen LogP contribution in [0.4, 0.5) is 0 Å². The first-order chi connectivity index (χ1) is 3.34. The zero-order chi connectivity index (χ0) is 5.28. The number of rotatable bonds is 1. The van der Waals surface area contributed by atoms with Gasteiger partial charge in [-0.1, -0.05) is 0 Å². The summed E-state index contributed by atoms with van der Waals surface area (Å²) in [5, 5.41) is 8.52. The topological polar surface area (TPSA) is 20.2 Å². The van der Waals surface area contributed by atoms with Crippen LogP contribution in [0.1, 0.15) is 12.8 Å². The van der Waals surface area contributed by atoms with E-state index in [4.69, 9.17) is 5.11 Å². The maximum absolute atomic E-state index is 8.52. The average molecular weight is 99.2 g/mol. The standard InChI is InChI=1S/C6H11O/c1-5-2-3-6(5)4-7/h5-7H,1-4H2. The lowest BCUT2D eigenvalue weighted by atomic mass is 9.76. The van der Waals surface area contributed by atoms with Crippen LogP contribution in [0.2, 0.25) is 0 Å². The number of aliphatic hydroxyl groups excluding tert-OH is 1. The molecule has 1 heteroatoms. The van der Waals surface area contributed by atoms with Crippen LogP contribution in [0.25, 0.3) is 0 Å². The largest absolute Gasteiger partial charge is 0.396 e. The molecule has 0 amide bonds. The molecule has 0 heterocycles. The lowest BCUT2D eigenvalue weighted by Gasteiger charge is -2.31. The molecule has 1 nitrogen and oxygen atoms in total. The minimum atomic E-state index is 0.341. The van der Waals surface area contributed by atoms with Gasteiger partial charge in [0.25, 0.3) is 0 Å². The van der Waals surface area contributed by atoms with E-state index in [-0.39, 0.29) is 0 Å². The monoisotopic (exact) mass is 99.1 g/mol. The van der Waals surface area contributed by atoms with Crippen LogP contribution in [-0.4, -0.2) is 11.7 Å². The van der Waals surface area contributed by atoms with E-state index in [9.17, 15) is 0 Å². The SMILES string of the molecule is [CH2]C1CCC1CO. The molecule has 0 aliphatic heterocycles. The molecule has 1 saturated carbocycles.